The molecule has 0 saturated heterocycles. The van der Waals surface area contributed by atoms with Crippen LogP contribution in [0.3, 0.4) is 0 Å². The number of Topliss-reactive ketones (excluding diaryl/α,β-unsaturated/α-hetero) is 1. The topological polar surface area (TPSA) is 95.7 Å². The Morgan fingerprint density at radius 1 is 0.812 bits per heavy atom. The van der Waals surface area contributed by atoms with Gasteiger partial charge in [-0.25, -0.2) is 0 Å². The molecule has 1 aromatic carbocycles. The van der Waals surface area contributed by atoms with Gasteiger partial charge in [-0.2, -0.15) is 0 Å². The Bertz CT molecular complexity index is 829. The lowest BCUT2D eigenvalue weighted by Gasteiger charge is -2.26. The number of ether oxygens (including phenoxy) is 2. The molecule has 6 heteroatoms. The Labute approximate surface area is 191 Å². The van der Waals surface area contributed by atoms with E-state index in [2.05, 4.69) is 0 Å². The molecule has 176 valence electrons. The van der Waals surface area contributed by atoms with E-state index in [0.717, 1.165) is 64.2 Å². The molecule has 1 unspecified atom stereocenters. The Kier molecular flexibility index (Phi) is 8.10. The maximum Gasteiger partial charge on any atom is 0.314 e. The summed E-state index contributed by atoms with van der Waals surface area (Å²) >= 11 is 0. The van der Waals surface area contributed by atoms with Crippen molar-refractivity contribution >= 4 is 17.7 Å². The maximum absolute atomic E-state index is 12.9. The zero-order chi connectivity index (χ0) is 23.3. The van der Waals surface area contributed by atoms with Gasteiger partial charge in [-0.1, -0.05) is 59.3 Å². The summed E-state index contributed by atoms with van der Waals surface area (Å²) in [6.07, 6.45) is 9.52. The summed E-state index contributed by atoms with van der Waals surface area (Å²) in [4.78, 5) is 38.5. The summed E-state index contributed by atoms with van der Waals surface area (Å²) in [7, 11) is 0. The van der Waals surface area contributed by atoms with Crippen LogP contribution in [0.1, 0.15) is 95.3 Å². The van der Waals surface area contributed by atoms with E-state index in [1.165, 1.54) is 6.07 Å². The number of nitrogens with two attached hydrogens (primary N) is 1. The SMILES string of the molecule is CC(C)(C)C(N)C(=O)c1ccc(OC(=O)C2CCCCC2)c(OC(=O)C2CCCCC2)c1. The first-order valence-electron chi connectivity index (χ1n) is 12.0. The maximum atomic E-state index is 12.9. The monoisotopic (exact) mass is 443 g/mol. The fourth-order valence-corrected chi connectivity index (χ4v) is 4.46. The summed E-state index contributed by atoms with van der Waals surface area (Å²) in [6.45, 7) is 5.71. The summed E-state index contributed by atoms with van der Waals surface area (Å²) in [5.74, 6) is -0.863. The van der Waals surface area contributed by atoms with Gasteiger partial charge < -0.3 is 15.2 Å². The third-order valence-corrected chi connectivity index (χ3v) is 6.74. The van der Waals surface area contributed by atoms with Gasteiger partial charge in [-0.3, -0.25) is 14.4 Å². The highest BCUT2D eigenvalue weighted by Gasteiger charge is 2.31. The van der Waals surface area contributed by atoms with E-state index < -0.39 is 11.5 Å². The number of benzene rings is 1. The molecule has 1 atom stereocenters. The molecule has 2 N–H and O–H groups in total. The van der Waals surface area contributed by atoms with Crippen LogP contribution in [0.5, 0.6) is 11.5 Å². The van der Waals surface area contributed by atoms with Crippen LogP contribution < -0.4 is 15.2 Å². The van der Waals surface area contributed by atoms with Crippen molar-refractivity contribution < 1.29 is 23.9 Å². The lowest BCUT2D eigenvalue weighted by Crippen LogP contribution is -2.42. The van der Waals surface area contributed by atoms with Crippen molar-refractivity contribution in [3.63, 3.8) is 0 Å². The molecule has 0 aromatic heterocycles. The van der Waals surface area contributed by atoms with Crippen molar-refractivity contribution in [1.29, 1.82) is 0 Å². The second-order valence-corrected chi connectivity index (χ2v) is 10.4. The van der Waals surface area contributed by atoms with Crippen LogP contribution in [0.4, 0.5) is 0 Å². The van der Waals surface area contributed by atoms with Gasteiger partial charge in [0.15, 0.2) is 17.3 Å². The first-order chi connectivity index (χ1) is 15.2. The van der Waals surface area contributed by atoms with Gasteiger partial charge in [0, 0.05) is 5.56 Å². The third-order valence-electron chi connectivity index (χ3n) is 6.74. The number of carbonyl (C=O) groups excluding carboxylic acids is 3. The predicted octanol–water partition coefficient (Wildman–Crippen LogP) is 5.21. The number of ketones is 1. The first kappa shape index (κ1) is 24.4. The van der Waals surface area contributed by atoms with Crippen LogP contribution in [0.15, 0.2) is 18.2 Å². The number of rotatable bonds is 6. The second kappa shape index (κ2) is 10.6. The van der Waals surface area contributed by atoms with Crippen LogP contribution in [0.25, 0.3) is 0 Å². The van der Waals surface area contributed by atoms with Gasteiger partial charge in [0.2, 0.25) is 0 Å². The second-order valence-electron chi connectivity index (χ2n) is 10.4. The van der Waals surface area contributed by atoms with E-state index in [9.17, 15) is 14.4 Å². The van der Waals surface area contributed by atoms with E-state index in [0.29, 0.717) is 5.56 Å². The largest absolute Gasteiger partial charge is 0.422 e. The first-order valence-corrected chi connectivity index (χ1v) is 12.0. The lowest BCUT2D eigenvalue weighted by molar-refractivity contribution is -0.142. The number of esters is 2. The molecule has 0 spiro atoms. The van der Waals surface area contributed by atoms with E-state index >= 15 is 0 Å². The van der Waals surface area contributed by atoms with Crippen LogP contribution in [0, 0.1) is 17.3 Å². The normalized spacial score (nSPS) is 19.2. The molecule has 2 aliphatic rings. The van der Waals surface area contributed by atoms with Crippen molar-refractivity contribution in [3.8, 4) is 11.5 Å². The molecule has 0 heterocycles. The van der Waals surface area contributed by atoms with E-state index in [-0.39, 0.29) is 41.1 Å². The Balaban J connectivity index is 1.84. The molecule has 2 aliphatic carbocycles. The highest BCUT2D eigenvalue weighted by molar-refractivity contribution is 6.01. The minimum absolute atomic E-state index is 0.122. The molecule has 2 fully saturated rings. The van der Waals surface area contributed by atoms with E-state index in [4.69, 9.17) is 15.2 Å². The van der Waals surface area contributed by atoms with Crippen LogP contribution in [-0.2, 0) is 9.59 Å². The smallest absolute Gasteiger partial charge is 0.314 e. The lowest BCUT2D eigenvalue weighted by atomic mass is 9.83. The molecular weight excluding hydrogens is 406 g/mol. The number of carbonyl (C=O) groups is 3. The van der Waals surface area contributed by atoms with Crippen molar-refractivity contribution in [3.05, 3.63) is 23.8 Å². The van der Waals surface area contributed by atoms with Crippen molar-refractivity contribution in [2.75, 3.05) is 0 Å². The Morgan fingerprint density at radius 3 is 1.75 bits per heavy atom. The minimum atomic E-state index is -0.708. The van der Waals surface area contributed by atoms with Crippen molar-refractivity contribution in [2.24, 2.45) is 23.0 Å². The summed E-state index contributed by atoms with van der Waals surface area (Å²) < 4.78 is 11.4. The van der Waals surface area contributed by atoms with Gasteiger partial charge in [0.1, 0.15) is 0 Å². The van der Waals surface area contributed by atoms with Crippen molar-refractivity contribution in [1.82, 2.24) is 0 Å². The summed E-state index contributed by atoms with van der Waals surface area (Å²) in [6, 6.07) is 3.93. The minimum Gasteiger partial charge on any atom is -0.422 e. The highest BCUT2D eigenvalue weighted by Crippen LogP contribution is 2.34. The number of hydrogen-bond donors (Lipinski definition) is 1. The fourth-order valence-electron chi connectivity index (χ4n) is 4.46. The Morgan fingerprint density at radius 2 is 1.28 bits per heavy atom. The zero-order valence-corrected chi connectivity index (χ0v) is 19.7. The average molecular weight is 444 g/mol. The van der Waals surface area contributed by atoms with E-state index in [1.807, 2.05) is 20.8 Å². The third kappa shape index (κ3) is 6.18. The van der Waals surface area contributed by atoms with Gasteiger partial charge in [0.05, 0.1) is 17.9 Å². The molecular formula is C26H37NO5. The quantitative estimate of drug-likeness (QED) is 0.368. The van der Waals surface area contributed by atoms with Crippen LogP contribution in [0.2, 0.25) is 0 Å². The summed E-state index contributed by atoms with van der Waals surface area (Å²) in [5, 5.41) is 0. The van der Waals surface area contributed by atoms with Gasteiger partial charge in [0.25, 0.3) is 0 Å². The van der Waals surface area contributed by atoms with Crippen molar-refractivity contribution in [2.45, 2.75) is 91.0 Å². The summed E-state index contributed by atoms with van der Waals surface area (Å²) in [5.41, 5.74) is 6.10. The van der Waals surface area contributed by atoms with Gasteiger partial charge in [-0.05, 0) is 49.3 Å². The molecule has 0 aliphatic heterocycles. The van der Waals surface area contributed by atoms with Crippen LogP contribution in [-0.4, -0.2) is 23.8 Å². The van der Waals surface area contributed by atoms with E-state index in [1.54, 1.807) is 12.1 Å². The zero-order valence-electron chi connectivity index (χ0n) is 19.7. The molecule has 0 amide bonds. The molecule has 2 saturated carbocycles. The molecule has 6 nitrogen and oxygen atoms in total. The van der Waals surface area contributed by atoms with Crippen LogP contribution >= 0.6 is 0 Å². The molecule has 3 rings (SSSR count). The van der Waals surface area contributed by atoms with Gasteiger partial charge >= 0.3 is 11.9 Å². The Hall–Kier alpha value is -2.21. The standard InChI is InChI=1S/C26H37NO5/c1-26(2,3)23(27)22(28)19-14-15-20(31-24(29)17-10-6-4-7-11-17)21(16-19)32-25(30)18-12-8-5-9-13-18/h14-18,23H,4-13,27H2,1-3H3. The highest BCUT2D eigenvalue weighted by atomic mass is 16.6. The predicted molar refractivity (Wildman–Crippen MR) is 123 cm³/mol. The fraction of sp³-hybridized carbons (Fsp3) is 0.654. The molecule has 1 aromatic rings. The molecule has 0 bridgehead atoms. The molecule has 32 heavy (non-hydrogen) atoms. The van der Waals surface area contributed by atoms with Gasteiger partial charge in [-0.15, -0.1) is 0 Å². The average Bonchev–Trinajstić information content (AvgIpc) is 2.79. The number of hydrogen-bond acceptors (Lipinski definition) is 6. The molecule has 0 radical (unpaired) electrons.